The number of aromatic nitrogens is 2. The number of hydrogen-bond donors (Lipinski definition) is 0. The molecule has 0 aromatic carbocycles. The molecule has 1 amide bonds. The predicted molar refractivity (Wildman–Crippen MR) is 84.2 cm³/mol. The zero-order chi connectivity index (χ0) is 15.6. The zero-order valence-electron chi connectivity index (χ0n) is 13.7. The molecule has 0 spiro atoms. The summed E-state index contributed by atoms with van der Waals surface area (Å²) >= 11 is 0. The molecule has 0 saturated carbocycles. The lowest BCUT2D eigenvalue weighted by Crippen LogP contribution is -2.50. The van der Waals surface area contributed by atoms with Gasteiger partial charge in [-0.2, -0.15) is 5.10 Å². The minimum atomic E-state index is 0.0938. The van der Waals surface area contributed by atoms with Crippen LogP contribution in [0.4, 0.5) is 0 Å². The Morgan fingerprint density at radius 1 is 1.43 bits per heavy atom. The summed E-state index contributed by atoms with van der Waals surface area (Å²) < 4.78 is 1.99. The van der Waals surface area contributed by atoms with Gasteiger partial charge in [-0.3, -0.25) is 9.48 Å². The first-order chi connectivity index (χ1) is 9.77. The van der Waals surface area contributed by atoms with E-state index in [1.165, 1.54) is 5.56 Å². The largest absolute Gasteiger partial charge is 0.335 e. The molecular weight excluding hydrogens is 264 g/mol. The number of likely N-dealkylation sites (tertiary alicyclic amines) is 1. The van der Waals surface area contributed by atoms with Crippen LogP contribution in [0.2, 0.25) is 0 Å². The second-order valence-electron chi connectivity index (χ2n) is 7.02. The molecule has 5 heteroatoms. The summed E-state index contributed by atoms with van der Waals surface area (Å²) in [6, 6.07) is 0.312. The number of hydrogen-bond acceptors (Lipinski definition) is 3. The Labute approximate surface area is 127 Å². The van der Waals surface area contributed by atoms with Gasteiger partial charge in [-0.25, -0.2) is 0 Å². The van der Waals surface area contributed by atoms with Crippen molar-refractivity contribution < 1.29 is 4.79 Å². The van der Waals surface area contributed by atoms with E-state index < -0.39 is 0 Å². The van der Waals surface area contributed by atoms with E-state index in [0.717, 1.165) is 19.6 Å². The van der Waals surface area contributed by atoms with Gasteiger partial charge < -0.3 is 9.80 Å². The summed E-state index contributed by atoms with van der Waals surface area (Å²) in [5.74, 6) is 0.0938. The van der Waals surface area contributed by atoms with Crippen molar-refractivity contribution in [2.45, 2.75) is 32.2 Å². The second-order valence-corrected chi connectivity index (χ2v) is 7.02. The molecule has 0 unspecified atom stereocenters. The first-order valence-corrected chi connectivity index (χ1v) is 7.42. The number of carbonyl (C=O) groups is 1. The van der Waals surface area contributed by atoms with E-state index in [4.69, 9.17) is 0 Å². The van der Waals surface area contributed by atoms with Crippen molar-refractivity contribution in [2.75, 3.05) is 33.7 Å². The van der Waals surface area contributed by atoms with E-state index in [-0.39, 0.29) is 11.3 Å². The van der Waals surface area contributed by atoms with Crippen molar-refractivity contribution in [1.82, 2.24) is 19.6 Å². The highest BCUT2D eigenvalue weighted by atomic mass is 16.2. The van der Waals surface area contributed by atoms with Crippen LogP contribution in [0.5, 0.6) is 0 Å². The lowest BCUT2D eigenvalue weighted by atomic mass is 9.90. The molecule has 21 heavy (non-hydrogen) atoms. The molecule has 2 rings (SSSR count). The van der Waals surface area contributed by atoms with Crippen molar-refractivity contribution in [2.24, 2.45) is 0 Å². The summed E-state index contributed by atoms with van der Waals surface area (Å²) in [7, 11) is 3.97. The minimum absolute atomic E-state index is 0.0938. The van der Waals surface area contributed by atoms with Crippen LogP contribution in [0.15, 0.2) is 24.5 Å². The molecule has 1 aromatic rings. The maximum atomic E-state index is 11.9. The van der Waals surface area contributed by atoms with Gasteiger partial charge in [0.2, 0.25) is 5.91 Å². The van der Waals surface area contributed by atoms with Crippen LogP contribution in [0.1, 0.15) is 32.4 Å². The Bertz CT molecular complexity index is 519. The molecular formula is C16H26N4O. The highest BCUT2D eigenvalue weighted by Gasteiger charge is 2.31. The Morgan fingerprint density at radius 2 is 2.10 bits per heavy atom. The molecule has 1 aliphatic rings. The minimum Gasteiger partial charge on any atom is -0.335 e. The van der Waals surface area contributed by atoms with Gasteiger partial charge in [-0.1, -0.05) is 26.8 Å². The van der Waals surface area contributed by atoms with E-state index in [9.17, 15) is 4.79 Å². The van der Waals surface area contributed by atoms with Crippen molar-refractivity contribution in [3.63, 3.8) is 0 Å². The molecule has 116 valence electrons. The molecule has 2 heterocycles. The van der Waals surface area contributed by atoms with Crippen LogP contribution in [0.25, 0.3) is 0 Å². The summed E-state index contributed by atoms with van der Waals surface area (Å²) in [5.41, 5.74) is 1.35. The molecule has 5 nitrogen and oxygen atoms in total. The highest BCUT2D eigenvalue weighted by molar-refractivity contribution is 5.88. The molecule has 0 aliphatic carbocycles. The lowest BCUT2D eigenvalue weighted by molar-refractivity contribution is -0.131. The van der Waals surface area contributed by atoms with Gasteiger partial charge in [0.1, 0.15) is 0 Å². The molecule has 1 aromatic heterocycles. The molecule has 0 radical (unpaired) electrons. The zero-order valence-corrected chi connectivity index (χ0v) is 13.7. The van der Waals surface area contributed by atoms with Gasteiger partial charge >= 0.3 is 0 Å². The van der Waals surface area contributed by atoms with Crippen molar-refractivity contribution in [3.05, 3.63) is 30.1 Å². The van der Waals surface area contributed by atoms with E-state index in [0.29, 0.717) is 6.04 Å². The van der Waals surface area contributed by atoms with E-state index >= 15 is 0 Å². The SMILES string of the molecule is CN(C)C/C=C/C(=O)N1CC(n2cc(C(C)(C)C)cn2)C1. The molecule has 1 aliphatic heterocycles. The lowest BCUT2D eigenvalue weighted by Gasteiger charge is -2.38. The Hall–Kier alpha value is -1.62. The fourth-order valence-electron chi connectivity index (χ4n) is 2.20. The maximum Gasteiger partial charge on any atom is 0.246 e. The smallest absolute Gasteiger partial charge is 0.246 e. The third kappa shape index (κ3) is 3.94. The average Bonchev–Trinajstić information content (AvgIpc) is 2.75. The standard InChI is InChI=1S/C16H26N4O/c1-16(2,3)13-9-17-20(10-13)14-11-19(12-14)15(21)7-6-8-18(4)5/h6-7,9-10,14H,8,11-12H2,1-5H3/b7-6+. The number of amides is 1. The van der Waals surface area contributed by atoms with Crippen molar-refractivity contribution in [3.8, 4) is 0 Å². The number of nitrogens with zero attached hydrogens (tertiary/aromatic N) is 4. The number of carbonyl (C=O) groups excluding carboxylic acids is 1. The maximum absolute atomic E-state index is 11.9. The monoisotopic (exact) mass is 290 g/mol. The number of rotatable bonds is 4. The number of likely N-dealkylation sites (N-methyl/N-ethyl adjacent to an activating group) is 1. The quantitative estimate of drug-likeness (QED) is 0.792. The van der Waals surface area contributed by atoms with E-state index in [2.05, 4.69) is 32.1 Å². The van der Waals surface area contributed by atoms with Crippen molar-refractivity contribution >= 4 is 5.91 Å². The van der Waals surface area contributed by atoms with Crippen LogP contribution >= 0.6 is 0 Å². The van der Waals surface area contributed by atoms with Gasteiger partial charge in [0.05, 0.1) is 12.2 Å². The third-order valence-electron chi connectivity index (χ3n) is 3.75. The van der Waals surface area contributed by atoms with Crippen LogP contribution < -0.4 is 0 Å². The van der Waals surface area contributed by atoms with Crippen LogP contribution in [0.3, 0.4) is 0 Å². The first-order valence-electron chi connectivity index (χ1n) is 7.42. The van der Waals surface area contributed by atoms with Crippen LogP contribution in [-0.2, 0) is 10.2 Å². The second kappa shape index (κ2) is 6.02. The average molecular weight is 290 g/mol. The van der Waals surface area contributed by atoms with Gasteiger partial charge in [0, 0.05) is 31.9 Å². The van der Waals surface area contributed by atoms with Gasteiger partial charge in [0.25, 0.3) is 0 Å². The first kappa shape index (κ1) is 15.8. The summed E-state index contributed by atoms with van der Waals surface area (Å²) in [4.78, 5) is 15.8. The summed E-state index contributed by atoms with van der Waals surface area (Å²) in [5, 5.41) is 4.44. The Balaban J connectivity index is 1.85. The van der Waals surface area contributed by atoms with Crippen molar-refractivity contribution in [1.29, 1.82) is 0 Å². The predicted octanol–water partition coefficient (Wildman–Crippen LogP) is 1.68. The van der Waals surface area contributed by atoms with E-state index in [1.54, 1.807) is 6.08 Å². The fraction of sp³-hybridized carbons (Fsp3) is 0.625. The van der Waals surface area contributed by atoms with E-state index in [1.807, 2.05) is 40.8 Å². The Kier molecular flexibility index (Phi) is 4.52. The molecule has 1 saturated heterocycles. The van der Waals surface area contributed by atoms with Crippen LogP contribution in [0, 0.1) is 0 Å². The Morgan fingerprint density at radius 3 is 2.62 bits per heavy atom. The topological polar surface area (TPSA) is 41.4 Å². The third-order valence-corrected chi connectivity index (χ3v) is 3.75. The summed E-state index contributed by atoms with van der Waals surface area (Å²) in [6.07, 6.45) is 7.61. The van der Waals surface area contributed by atoms with Gasteiger partial charge in [0.15, 0.2) is 0 Å². The van der Waals surface area contributed by atoms with Crippen LogP contribution in [-0.4, -0.2) is 59.2 Å². The van der Waals surface area contributed by atoms with Gasteiger partial charge in [-0.05, 0) is 25.1 Å². The molecule has 0 bridgehead atoms. The summed E-state index contributed by atoms with van der Waals surface area (Å²) in [6.45, 7) is 8.82. The highest BCUT2D eigenvalue weighted by Crippen LogP contribution is 2.25. The normalized spacial score (nSPS) is 16.8. The fourth-order valence-corrected chi connectivity index (χ4v) is 2.20. The molecule has 0 atom stereocenters. The molecule has 0 N–H and O–H groups in total. The van der Waals surface area contributed by atoms with Gasteiger partial charge in [-0.15, -0.1) is 0 Å². The molecule has 1 fully saturated rings.